The van der Waals surface area contributed by atoms with Crippen molar-refractivity contribution in [2.75, 3.05) is 0 Å². The quantitative estimate of drug-likeness (QED) is 0.835. The van der Waals surface area contributed by atoms with Crippen molar-refractivity contribution in [2.24, 2.45) is 0 Å². The van der Waals surface area contributed by atoms with Gasteiger partial charge in [0.25, 0.3) is 5.91 Å². The summed E-state index contributed by atoms with van der Waals surface area (Å²) in [5, 5.41) is 3.02. The molecule has 0 unspecified atom stereocenters. The molecule has 3 nitrogen and oxygen atoms in total. The van der Waals surface area contributed by atoms with Crippen LogP contribution in [0.2, 0.25) is 0 Å². The average molecular weight is 349 g/mol. The fourth-order valence-corrected chi connectivity index (χ4v) is 2.90. The molecular weight excluding hydrogens is 328 g/mol. The maximum atomic E-state index is 12.4. The van der Waals surface area contributed by atoms with E-state index >= 15 is 0 Å². The number of nitrogens with one attached hydrogen (secondary N) is 1. The maximum absolute atomic E-state index is 12.4. The number of nitrogens with zero attached hydrogens (tertiary/aromatic N) is 1. The smallest absolute Gasteiger partial charge is 0.268 e. The molecule has 112 valence electrons. The molecule has 1 aromatic carbocycles. The summed E-state index contributed by atoms with van der Waals surface area (Å²) in [7, 11) is 0. The lowest BCUT2D eigenvalue weighted by atomic mass is 10.1. The maximum Gasteiger partial charge on any atom is 0.268 e. The first-order chi connectivity index (χ1) is 10.2. The fraction of sp³-hybridized carbons (Fsp3) is 0.353. The molecule has 0 saturated carbocycles. The molecule has 1 amide bonds. The number of amides is 1. The van der Waals surface area contributed by atoms with Crippen LogP contribution in [-0.4, -0.2) is 10.5 Å². The summed E-state index contributed by atoms with van der Waals surface area (Å²) >= 11 is 3.44. The highest BCUT2D eigenvalue weighted by atomic mass is 79.9. The Morgan fingerprint density at radius 2 is 1.95 bits per heavy atom. The average Bonchev–Trinajstić information content (AvgIpc) is 2.86. The number of carbonyl (C=O) groups excluding carboxylic acids is 1. The number of hydrogen-bond acceptors (Lipinski definition) is 1. The largest absolute Gasteiger partial charge is 0.347 e. The van der Waals surface area contributed by atoms with E-state index in [-0.39, 0.29) is 5.91 Å². The molecule has 0 fully saturated rings. The van der Waals surface area contributed by atoms with Gasteiger partial charge in [-0.25, -0.2) is 0 Å². The number of benzene rings is 1. The zero-order valence-electron chi connectivity index (χ0n) is 12.5. The Hall–Kier alpha value is -1.55. The van der Waals surface area contributed by atoms with Crippen LogP contribution < -0.4 is 5.32 Å². The van der Waals surface area contributed by atoms with Crippen LogP contribution in [0, 0.1) is 0 Å². The molecule has 4 heteroatoms. The number of halogens is 1. The minimum Gasteiger partial charge on any atom is -0.347 e. The van der Waals surface area contributed by atoms with E-state index in [4.69, 9.17) is 0 Å². The van der Waals surface area contributed by atoms with Crippen molar-refractivity contribution in [3.63, 3.8) is 0 Å². The van der Waals surface area contributed by atoms with Crippen molar-refractivity contribution in [2.45, 2.75) is 39.8 Å². The predicted octanol–water partition coefficient (Wildman–Crippen LogP) is 4.15. The van der Waals surface area contributed by atoms with Crippen LogP contribution in [0.3, 0.4) is 0 Å². The second-order valence-electron chi connectivity index (χ2n) is 5.04. The number of rotatable bonds is 6. The zero-order chi connectivity index (χ0) is 15.2. The van der Waals surface area contributed by atoms with Gasteiger partial charge in [-0.15, -0.1) is 0 Å². The Kier molecular flexibility index (Phi) is 5.62. The Labute approximate surface area is 134 Å². The van der Waals surface area contributed by atoms with Gasteiger partial charge in [-0.2, -0.15) is 0 Å². The third-order valence-corrected chi connectivity index (χ3v) is 3.93. The first-order valence-electron chi connectivity index (χ1n) is 7.36. The van der Waals surface area contributed by atoms with Crippen molar-refractivity contribution in [3.8, 4) is 0 Å². The minimum atomic E-state index is -0.0277. The Morgan fingerprint density at radius 3 is 2.62 bits per heavy atom. The predicted molar refractivity (Wildman–Crippen MR) is 89.4 cm³/mol. The van der Waals surface area contributed by atoms with E-state index in [2.05, 4.69) is 47.2 Å². The molecule has 0 spiro atoms. The molecule has 2 aromatic rings. The summed E-state index contributed by atoms with van der Waals surface area (Å²) in [6.07, 6.45) is 3.93. The van der Waals surface area contributed by atoms with Crippen LogP contribution in [0.5, 0.6) is 0 Å². The number of carbonyl (C=O) groups is 1. The van der Waals surface area contributed by atoms with Crippen LogP contribution in [0.4, 0.5) is 0 Å². The second-order valence-corrected chi connectivity index (χ2v) is 5.96. The highest BCUT2D eigenvalue weighted by Gasteiger charge is 2.12. The Bertz CT molecular complexity index is 619. The van der Waals surface area contributed by atoms with E-state index in [1.165, 1.54) is 11.1 Å². The summed E-state index contributed by atoms with van der Waals surface area (Å²) in [4.78, 5) is 12.4. The van der Waals surface area contributed by atoms with Gasteiger partial charge in [-0.3, -0.25) is 4.79 Å². The molecule has 0 aliphatic rings. The molecule has 0 radical (unpaired) electrons. The van der Waals surface area contributed by atoms with Gasteiger partial charge in [0.1, 0.15) is 5.69 Å². The fourth-order valence-electron chi connectivity index (χ4n) is 2.43. The third kappa shape index (κ3) is 3.97. The van der Waals surface area contributed by atoms with E-state index in [1.54, 1.807) is 0 Å². The number of hydrogen-bond donors (Lipinski definition) is 1. The van der Waals surface area contributed by atoms with Gasteiger partial charge in [0.05, 0.1) is 0 Å². The summed E-state index contributed by atoms with van der Waals surface area (Å²) in [5.74, 6) is -0.0277. The molecule has 0 atom stereocenters. The highest BCUT2D eigenvalue weighted by Crippen LogP contribution is 2.16. The lowest BCUT2D eigenvalue weighted by molar-refractivity contribution is 0.0941. The van der Waals surface area contributed by atoms with Crippen molar-refractivity contribution >= 4 is 21.8 Å². The van der Waals surface area contributed by atoms with E-state index in [0.29, 0.717) is 12.2 Å². The van der Waals surface area contributed by atoms with Gasteiger partial charge < -0.3 is 9.88 Å². The van der Waals surface area contributed by atoms with Crippen LogP contribution in [0.15, 0.2) is 41.0 Å². The number of aryl methyl sites for hydroxylation is 2. The van der Waals surface area contributed by atoms with Crippen LogP contribution in [-0.2, 0) is 19.5 Å². The van der Waals surface area contributed by atoms with Crippen LogP contribution in [0.25, 0.3) is 0 Å². The van der Waals surface area contributed by atoms with Gasteiger partial charge in [-0.05, 0) is 46.0 Å². The van der Waals surface area contributed by atoms with E-state index in [1.807, 2.05) is 29.0 Å². The van der Waals surface area contributed by atoms with E-state index in [0.717, 1.165) is 23.9 Å². The molecule has 0 aliphatic carbocycles. The van der Waals surface area contributed by atoms with E-state index < -0.39 is 0 Å². The van der Waals surface area contributed by atoms with Crippen molar-refractivity contribution in [1.29, 1.82) is 0 Å². The highest BCUT2D eigenvalue weighted by molar-refractivity contribution is 9.10. The Balaban J connectivity index is 2.08. The molecule has 1 aromatic heterocycles. The topological polar surface area (TPSA) is 34.0 Å². The van der Waals surface area contributed by atoms with Gasteiger partial charge in [0.15, 0.2) is 0 Å². The number of aromatic nitrogens is 1. The molecular formula is C17H21BrN2O. The van der Waals surface area contributed by atoms with E-state index in [9.17, 15) is 4.79 Å². The zero-order valence-corrected chi connectivity index (χ0v) is 14.1. The Morgan fingerprint density at radius 1 is 1.24 bits per heavy atom. The van der Waals surface area contributed by atoms with Crippen molar-refractivity contribution in [3.05, 3.63) is 57.8 Å². The van der Waals surface area contributed by atoms with Gasteiger partial charge in [0.2, 0.25) is 0 Å². The third-order valence-electron chi connectivity index (χ3n) is 3.50. The van der Waals surface area contributed by atoms with Gasteiger partial charge >= 0.3 is 0 Å². The monoisotopic (exact) mass is 348 g/mol. The lowest BCUT2D eigenvalue weighted by Gasteiger charge is -2.11. The van der Waals surface area contributed by atoms with Crippen LogP contribution in [0.1, 0.15) is 41.9 Å². The van der Waals surface area contributed by atoms with Crippen molar-refractivity contribution in [1.82, 2.24) is 9.88 Å². The van der Waals surface area contributed by atoms with Gasteiger partial charge in [-0.1, -0.05) is 38.1 Å². The summed E-state index contributed by atoms with van der Waals surface area (Å²) in [5.41, 5.74) is 3.17. The molecule has 21 heavy (non-hydrogen) atoms. The first-order valence-corrected chi connectivity index (χ1v) is 8.15. The summed E-state index contributed by atoms with van der Waals surface area (Å²) in [6, 6.07) is 10.1. The molecule has 1 N–H and O–H groups in total. The minimum absolute atomic E-state index is 0.0277. The normalized spacial score (nSPS) is 10.6. The first kappa shape index (κ1) is 15.8. The molecule has 2 rings (SSSR count). The summed E-state index contributed by atoms with van der Waals surface area (Å²) in [6.45, 7) is 5.65. The second kappa shape index (κ2) is 7.46. The standard InChI is InChI=1S/C17H21BrN2O/c1-3-9-20-12-15(18)10-16(20)17(21)19-11-14-8-6-5-7-13(14)4-2/h5-8,10,12H,3-4,9,11H2,1-2H3,(H,19,21). The van der Waals surface area contributed by atoms with Crippen LogP contribution >= 0.6 is 15.9 Å². The molecule has 0 saturated heterocycles. The molecule has 0 bridgehead atoms. The van der Waals surface area contributed by atoms with Crippen molar-refractivity contribution < 1.29 is 4.79 Å². The lowest BCUT2D eigenvalue weighted by Crippen LogP contribution is -2.25. The summed E-state index contributed by atoms with van der Waals surface area (Å²) < 4.78 is 2.93. The SMILES string of the molecule is CCCn1cc(Br)cc1C(=O)NCc1ccccc1CC. The molecule has 0 aliphatic heterocycles. The molecule has 1 heterocycles. The van der Waals surface area contributed by atoms with Gasteiger partial charge in [0, 0.05) is 23.8 Å².